The summed E-state index contributed by atoms with van der Waals surface area (Å²) < 4.78 is 7.47. The van der Waals surface area contributed by atoms with Crippen molar-refractivity contribution in [2.24, 2.45) is 45.8 Å². The Labute approximate surface area is 220 Å². The van der Waals surface area contributed by atoms with Gasteiger partial charge in [0.05, 0.1) is 17.8 Å². The maximum absolute atomic E-state index is 10.4. The number of ether oxygens (including phenoxy) is 1. The van der Waals surface area contributed by atoms with Crippen LogP contribution in [0, 0.1) is 45.8 Å². The van der Waals surface area contributed by atoms with Gasteiger partial charge in [0.25, 0.3) is 0 Å². The smallest absolute Gasteiger partial charge is 0.0787 e. The third-order valence-corrected chi connectivity index (χ3v) is 13.8. The summed E-state index contributed by atoms with van der Waals surface area (Å²) in [6.07, 6.45) is 14.1. The Morgan fingerprint density at radius 3 is 2.72 bits per heavy atom. The fourth-order valence-corrected chi connectivity index (χ4v) is 12.0. The van der Waals surface area contributed by atoms with Crippen molar-refractivity contribution in [2.75, 3.05) is 33.7 Å². The molecule has 2 heterocycles. The van der Waals surface area contributed by atoms with Gasteiger partial charge in [-0.3, -0.25) is 4.90 Å². The van der Waals surface area contributed by atoms with E-state index in [0.29, 0.717) is 34.3 Å². The fraction of sp³-hybridized carbons (Fsp3) is 0.938. The van der Waals surface area contributed by atoms with Crippen molar-refractivity contribution in [3.63, 3.8) is 0 Å². The van der Waals surface area contributed by atoms with Crippen molar-refractivity contribution < 1.29 is 9.84 Å². The van der Waals surface area contributed by atoms with E-state index in [1.54, 1.807) is 5.57 Å². The van der Waals surface area contributed by atoms with Gasteiger partial charge in [-0.2, -0.15) is 0 Å². The lowest BCUT2D eigenvalue weighted by Gasteiger charge is -2.50. The van der Waals surface area contributed by atoms with Crippen LogP contribution in [0.2, 0.25) is 0 Å². The first-order valence-electron chi connectivity index (χ1n) is 15.5. The van der Waals surface area contributed by atoms with E-state index >= 15 is 0 Å². The maximum Gasteiger partial charge on any atom is 0.0787 e. The van der Waals surface area contributed by atoms with Gasteiger partial charge in [0, 0.05) is 37.0 Å². The molecule has 36 heavy (non-hydrogen) atoms. The zero-order chi connectivity index (χ0) is 25.3. The van der Waals surface area contributed by atoms with Gasteiger partial charge in [0.1, 0.15) is 0 Å². The average molecular weight is 497 g/mol. The number of allylic oxidation sites excluding steroid dienone is 1. The molecule has 2 spiro atoms. The molecule has 4 saturated carbocycles. The predicted octanol–water partition coefficient (Wildman–Crippen LogP) is 5.36. The van der Waals surface area contributed by atoms with Gasteiger partial charge in [-0.15, -0.1) is 0 Å². The molecule has 7 aliphatic rings. The Morgan fingerprint density at radius 1 is 1.14 bits per heavy atom. The fourth-order valence-electron chi connectivity index (χ4n) is 12.0. The zero-order valence-electron chi connectivity index (χ0n) is 23.9. The number of aliphatic hydroxyl groups is 1. The summed E-state index contributed by atoms with van der Waals surface area (Å²) in [7, 11) is 4.43. The molecule has 0 aromatic rings. The van der Waals surface area contributed by atoms with Crippen molar-refractivity contribution in [3.8, 4) is 0 Å². The van der Waals surface area contributed by atoms with Gasteiger partial charge in [-0.05, 0) is 106 Å². The largest absolute Gasteiger partial charge is 0.393 e. The minimum atomic E-state index is -0.105. The molecular formula is C32H52N2O2. The molecule has 1 N–H and O–H groups in total. The number of rotatable bonds is 3. The number of piperidine rings is 1. The lowest BCUT2D eigenvalue weighted by molar-refractivity contribution is -0.148. The number of hydrogen-bond acceptors (Lipinski definition) is 4. The van der Waals surface area contributed by atoms with Crippen LogP contribution in [0.4, 0.5) is 0 Å². The van der Waals surface area contributed by atoms with Crippen LogP contribution >= 0.6 is 0 Å². The van der Waals surface area contributed by atoms with Gasteiger partial charge in [-0.25, -0.2) is 0 Å². The van der Waals surface area contributed by atoms with Crippen molar-refractivity contribution in [1.29, 1.82) is 0 Å². The van der Waals surface area contributed by atoms with Gasteiger partial charge in [-0.1, -0.05) is 39.3 Å². The summed E-state index contributed by atoms with van der Waals surface area (Å²) in [4.78, 5) is 5.18. The molecule has 0 amide bonds. The summed E-state index contributed by atoms with van der Waals surface area (Å²) in [6.45, 7) is 13.9. The SMILES string of the molecule is C[C@H]1C[C@H]2O[C@]3(CC[C@H]4[C@@H]5CC=C6C[C@@H](O)CC[C@]6(C)C5CC45CC53C)[C@H](C)[C@@H]2N(CCN(C)C)C1. The quantitative estimate of drug-likeness (QED) is 0.534. The van der Waals surface area contributed by atoms with Crippen LogP contribution in [0.3, 0.4) is 0 Å². The molecule has 202 valence electrons. The van der Waals surface area contributed by atoms with E-state index in [4.69, 9.17) is 4.74 Å². The molecule has 0 aromatic carbocycles. The molecule has 6 fully saturated rings. The Hall–Kier alpha value is -0.420. The number of aliphatic hydroxyl groups excluding tert-OH is 1. The molecule has 3 unspecified atom stereocenters. The van der Waals surface area contributed by atoms with E-state index in [2.05, 4.69) is 57.7 Å². The second-order valence-corrected chi connectivity index (χ2v) is 15.5. The van der Waals surface area contributed by atoms with Crippen LogP contribution in [0.15, 0.2) is 11.6 Å². The van der Waals surface area contributed by atoms with Gasteiger partial charge in [0.15, 0.2) is 0 Å². The third kappa shape index (κ3) is 2.97. The summed E-state index contributed by atoms with van der Waals surface area (Å²) in [6, 6.07) is 0.599. The second-order valence-electron chi connectivity index (χ2n) is 15.5. The first-order chi connectivity index (χ1) is 17.0. The minimum absolute atomic E-state index is 0.0761. The maximum atomic E-state index is 10.4. The topological polar surface area (TPSA) is 35.9 Å². The van der Waals surface area contributed by atoms with Crippen LogP contribution in [0.1, 0.15) is 85.5 Å². The zero-order valence-corrected chi connectivity index (χ0v) is 23.9. The monoisotopic (exact) mass is 496 g/mol. The molecule has 7 rings (SSSR count). The summed E-state index contributed by atoms with van der Waals surface area (Å²) in [5, 5.41) is 10.4. The lowest BCUT2D eigenvalue weighted by atomic mass is 9.56. The highest BCUT2D eigenvalue weighted by atomic mass is 16.5. The second kappa shape index (κ2) is 7.83. The number of hydrogen-bond donors (Lipinski definition) is 1. The first-order valence-corrected chi connectivity index (χ1v) is 15.5. The highest BCUT2D eigenvalue weighted by molar-refractivity contribution is 5.36. The minimum Gasteiger partial charge on any atom is -0.393 e. The van der Waals surface area contributed by atoms with Gasteiger partial charge < -0.3 is 14.7 Å². The number of likely N-dealkylation sites (tertiary alicyclic amines) is 1. The molecule has 0 aromatic heterocycles. The summed E-state index contributed by atoms with van der Waals surface area (Å²) in [5.74, 6) is 3.93. The Morgan fingerprint density at radius 2 is 1.94 bits per heavy atom. The van der Waals surface area contributed by atoms with E-state index < -0.39 is 0 Å². The Balaban J connectivity index is 1.19. The number of nitrogens with zero attached hydrogens (tertiary/aromatic N) is 2. The molecule has 0 bridgehead atoms. The highest BCUT2D eigenvalue weighted by Crippen LogP contribution is 2.87. The molecule has 2 aliphatic heterocycles. The molecule has 12 atom stereocenters. The lowest BCUT2D eigenvalue weighted by Crippen LogP contribution is -2.55. The number of fused-ring (bicyclic) bond motifs is 6. The van der Waals surface area contributed by atoms with Crippen molar-refractivity contribution >= 4 is 0 Å². The Kier molecular flexibility index (Phi) is 5.35. The van der Waals surface area contributed by atoms with E-state index in [-0.39, 0.29) is 11.7 Å². The van der Waals surface area contributed by atoms with Crippen LogP contribution in [-0.4, -0.2) is 72.5 Å². The predicted molar refractivity (Wildman–Crippen MR) is 145 cm³/mol. The van der Waals surface area contributed by atoms with Crippen molar-refractivity contribution in [3.05, 3.63) is 11.6 Å². The highest BCUT2D eigenvalue weighted by Gasteiger charge is 2.84. The summed E-state index contributed by atoms with van der Waals surface area (Å²) in [5.41, 5.74) is 2.87. The molecule has 2 saturated heterocycles. The third-order valence-electron chi connectivity index (χ3n) is 13.8. The normalized spacial score (nSPS) is 57.6. The van der Waals surface area contributed by atoms with E-state index in [1.807, 2.05) is 0 Å². The van der Waals surface area contributed by atoms with Crippen molar-refractivity contribution in [1.82, 2.24) is 9.80 Å². The van der Waals surface area contributed by atoms with E-state index in [0.717, 1.165) is 43.1 Å². The van der Waals surface area contributed by atoms with Gasteiger partial charge >= 0.3 is 0 Å². The Bertz CT molecular complexity index is 948. The number of likely N-dealkylation sites (N-methyl/N-ethyl adjacent to an activating group) is 1. The molecular weight excluding hydrogens is 444 g/mol. The van der Waals surface area contributed by atoms with Crippen LogP contribution in [-0.2, 0) is 4.74 Å². The molecule has 4 heteroatoms. The van der Waals surface area contributed by atoms with E-state index in [9.17, 15) is 5.11 Å². The molecule has 4 nitrogen and oxygen atoms in total. The van der Waals surface area contributed by atoms with Gasteiger partial charge in [0.2, 0.25) is 0 Å². The van der Waals surface area contributed by atoms with Crippen LogP contribution in [0.25, 0.3) is 0 Å². The first kappa shape index (κ1) is 24.6. The standard InChI is InChI=1S/C32H52N2O2/c1-20-15-27-28(34(18-20)14-13-33(5)6)21(2)32(36-27)12-10-25-24-8-7-22-16-23(35)9-11-29(22,3)26(24)17-31(25)19-30(31,32)4/h7,20-21,23-28,35H,8-19H2,1-6H3/t20-,21+,23-,24-,25-,26?,27+,28-,29-,30?,31?,32+/m0/s1. The summed E-state index contributed by atoms with van der Waals surface area (Å²) >= 11 is 0. The van der Waals surface area contributed by atoms with E-state index in [1.165, 1.54) is 58.0 Å². The van der Waals surface area contributed by atoms with Crippen LogP contribution in [0.5, 0.6) is 0 Å². The molecule has 0 radical (unpaired) electrons. The van der Waals surface area contributed by atoms with Crippen LogP contribution < -0.4 is 0 Å². The molecule has 5 aliphatic carbocycles. The van der Waals surface area contributed by atoms with Crippen molar-refractivity contribution in [2.45, 2.75) is 109 Å². The average Bonchev–Trinajstić information content (AvgIpc) is 3.16.